The molecule has 0 aliphatic heterocycles. The van der Waals surface area contributed by atoms with Crippen LogP contribution in [0.4, 0.5) is 0 Å². The number of nitrogens with zero attached hydrogens (tertiary/aromatic N) is 6. The van der Waals surface area contributed by atoms with Crippen molar-refractivity contribution >= 4 is 43.6 Å². The molecule has 16 rings (SSSR count). The largest absolute Gasteiger partial charge is 0.507 e. The van der Waals surface area contributed by atoms with E-state index in [9.17, 15) is 5.11 Å². The predicted octanol–water partition coefficient (Wildman–Crippen LogP) is 30.6. The second kappa shape index (κ2) is 31.2. The van der Waals surface area contributed by atoms with Crippen LogP contribution in [0.3, 0.4) is 0 Å². The van der Waals surface area contributed by atoms with Gasteiger partial charge in [0.2, 0.25) is 0 Å². The second-order valence-corrected chi connectivity index (χ2v) is 41.6. The highest BCUT2D eigenvalue weighted by molar-refractivity contribution is 6.11. The van der Waals surface area contributed by atoms with Crippen molar-refractivity contribution in [3.8, 4) is 113 Å². The van der Waals surface area contributed by atoms with Crippen LogP contribution < -0.4 is 4.74 Å². The van der Waals surface area contributed by atoms with E-state index in [-0.39, 0.29) is 49.1 Å². The lowest BCUT2D eigenvalue weighted by Gasteiger charge is -2.26. The summed E-state index contributed by atoms with van der Waals surface area (Å²) in [6, 6.07) is 92.2. The number of aromatic hydroxyl groups is 1. The topological polar surface area (TPSA) is 90.9 Å². The Bertz CT molecular complexity index is 6450. The van der Waals surface area contributed by atoms with Gasteiger partial charge in [-0.1, -0.05) is 287 Å². The minimum atomic E-state index is -0.0355. The van der Waals surface area contributed by atoms with Gasteiger partial charge < -0.3 is 19.0 Å². The third kappa shape index (κ3) is 17.4. The first-order valence-corrected chi connectivity index (χ1v) is 43.0. The maximum absolute atomic E-state index is 11.1. The minimum Gasteiger partial charge on any atom is -0.507 e. The molecule has 1 N–H and O–H groups in total. The average molecular weight is 1590 g/mol. The van der Waals surface area contributed by atoms with Crippen molar-refractivity contribution in [1.82, 2.24) is 29.1 Å². The number of benzene rings is 10. The van der Waals surface area contributed by atoms with E-state index in [1.54, 1.807) is 13.2 Å². The number of ether oxygens (including phenoxy) is 1. The fourth-order valence-electron chi connectivity index (χ4n) is 16.4. The smallest absolute Gasteiger partial charge is 0.128 e. The van der Waals surface area contributed by atoms with E-state index in [1.165, 1.54) is 93.7 Å². The molecule has 10 aromatic carbocycles. The van der Waals surface area contributed by atoms with Crippen molar-refractivity contribution < 1.29 is 9.84 Å². The summed E-state index contributed by atoms with van der Waals surface area (Å²) >= 11 is 0. The van der Waals surface area contributed by atoms with Gasteiger partial charge in [0, 0.05) is 78.7 Å². The summed E-state index contributed by atoms with van der Waals surface area (Å²) in [6.07, 6.45) is 3.86. The molecule has 0 aliphatic carbocycles. The SMILES string of the molecule is CC(C)(C)c1cc(-c2cc(-c3cccc(-c4cc(-n5c6ccc(C(C)(C)C)cc6c6cc(C(C)(C)C)ccc65)ccn4)c3)nc(-c3ccccc3O)c2)cc(C(C)(C)C)c1.COc1ccccc1-c1cc(-c2cc(C(C)(C)C)cc(C(C)(C)C)c2)cc(-c2cccc(-c3cc(-n4c5ccc(C(C)(C)C)cc5c5cc(C(C)(C)C)ccc54)ccn3)c2)n1. The summed E-state index contributed by atoms with van der Waals surface area (Å²) in [5, 5.41) is 16.1. The van der Waals surface area contributed by atoms with E-state index in [4.69, 9.17) is 24.7 Å². The number of hydrogen-bond acceptors (Lipinski definition) is 6. The number of phenolic OH excluding ortho intramolecular Hbond substituents is 1. The van der Waals surface area contributed by atoms with E-state index in [0.717, 1.165) is 95.8 Å². The van der Waals surface area contributed by atoms with Crippen LogP contribution in [-0.2, 0) is 43.3 Å². The normalized spacial score (nSPS) is 12.7. The third-order valence-corrected chi connectivity index (χ3v) is 24.1. The number of para-hydroxylation sites is 2. The highest BCUT2D eigenvalue weighted by Crippen LogP contribution is 2.46. The lowest BCUT2D eigenvalue weighted by molar-refractivity contribution is 0.416. The number of hydrogen-bond donors (Lipinski definition) is 1. The van der Waals surface area contributed by atoms with Crippen molar-refractivity contribution in [2.75, 3.05) is 7.11 Å². The van der Waals surface area contributed by atoms with Crippen molar-refractivity contribution in [2.24, 2.45) is 0 Å². The number of aromatic nitrogens is 6. The Morgan fingerprint density at radius 3 is 0.851 bits per heavy atom. The predicted molar refractivity (Wildman–Crippen MR) is 514 cm³/mol. The zero-order valence-corrected chi connectivity index (χ0v) is 75.9. The molecule has 0 saturated heterocycles. The zero-order chi connectivity index (χ0) is 86.6. The van der Waals surface area contributed by atoms with Crippen molar-refractivity contribution in [1.29, 1.82) is 0 Å². The van der Waals surface area contributed by atoms with Gasteiger partial charge in [0.25, 0.3) is 0 Å². The molecular weight excluding hydrogens is 1470 g/mol. The van der Waals surface area contributed by atoms with Crippen LogP contribution in [0.5, 0.6) is 11.5 Å². The van der Waals surface area contributed by atoms with Gasteiger partial charge in [0.1, 0.15) is 11.5 Å². The first-order chi connectivity index (χ1) is 56.8. The Balaban J connectivity index is 0.000000188. The van der Waals surface area contributed by atoms with Gasteiger partial charge in [-0.15, -0.1) is 0 Å². The van der Waals surface area contributed by atoms with E-state index in [0.29, 0.717) is 5.56 Å². The van der Waals surface area contributed by atoms with E-state index < -0.39 is 0 Å². The fraction of sp³-hybridized carbons (Fsp3) is 0.292. The standard InChI is InChI=1S/C57H61N3O.C56H59N3O/c1-54(2,3)40-21-23-51-46(33-40)47-34-41(55(4,5)6)22-24-52(47)60(51)44-25-26-58-48(35-44)36-17-16-18-37(27-36)49-30-39(31-50(59-49)45-19-14-15-20-53(45)61-13)38-28-42(56(7,8)9)32-43(29-38)57(10,11)12;1-53(2,3)39-20-22-50-45(32-39)46-33-40(54(4,5)6)21-23-51(46)59(50)43-24-25-57-47(34-43)35-16-15-17-36(26-35)48-29-38(30-49(58-48)44-18-13-14-19-52(44)60)37-27-41(55(7,8)9)31-42(28-37)56(10,11)12/h14-35H,1-13H3;13-34,60H,1-12H3. The molecule has 0 bridgehead atoms. The van der Waals surface area contributed by atoms with Gasteiger partial charge in [0.15, 0.2) is 0 Å². The van der Waals surface area contributed by atoms with Crippen molar-refractivity contribution in [3.05, 3.63) is 312 Å². The van der Waals surface area contributed by atoms with Crippen LogP contribution in [0, 0.1) is 0 Å². The Hall–Kier alpha value is -12.0. The van der Waals surface area contributed by atoms with Gasteiger partial charge in [-0.3, -0.25) is 9.97 Å². The Labute approximate surface area is 718 Å². The van der Waals surface area contributed by atoms with Crippen LogP contribution >= 0.6 is 0 Å². The lowest BCUT2D eigenvalue weighted by atomic mass is 9.79. The molecule has 0 atom stereocenters. The molecule has 121 heavy (non-hydrogen) atoms. The molecule has 0 saturated carbocycles. The zero-order valence-electron chi connectivity index (χ0n) is 75.9. The third-order valence-electron chi connectivity index (χ3n) is 24.1. The number of phenols is 1. The summed E-state index contributed by atoms with van der Waals surface area (Å²) in [5.74, 6) is 0.997. The van der Waals surface area contributed by atoms with Crippen molar-refractivity contribution in [2.45, 2.75) is 209 Å². The van der Waals surface area contributed by atoms with Crippen molar-refractivity contribution in [3.63, 3.8) is 0 Å². The molecule has 0 aliphatic rings. The number of rotatable bonds is 11. The summed E-state index contributed by atoms with van der Waals surface area (Å²) in [4.78, 5) is 20.5. The Morgan fingerprint density at radius 1 is 0.240 bits per heavy atom. The quantitative estimate of drug-likeness (QED) is 0.139. The molecular formula is C113H120N6O2. The Kier molecular flexibility index (Phi) is 21.7. The molecule has 0 spiro atoms. The van der Waals surface area contributed by atoms with E-state index in [1.807, 2.05) is 48.8 Å². The number of pyridine rings is 4. The van der Waals surface area contributed by atoms with Crippen LogP contribution in [-0.4, -0.2) is 41.3 Å². The molecule has 614 valence electrons. The first kappa shape index (κ1) is 84.0. The van der Waals surface area contributed by atoms with Gasteiger partial charge in [-0.25, -0.2) is 9.97 Å². The highest BCUT2D eigenvalue weighted by Gasteiger charge is 2.29. The summed E-state index contributed by atoms with van der Waals surface area (Å²) in [7, 11) is 1.72. The molecule has 16 aromatic rings. The van der Waals surface area contributed by atoms with Crippen LogP contribution in [0.25, 0.3) is 145 Å². The van der Waals surface area contributed by atoms with Gasteiger partial charge >= 0.3 is 0 Å². The number of methoxy groups -OCH3 is 1. The molecule has 0 fully saturated rings. The maximum Gasteiger partial charge on any atom is 0.128 e. The van der Waals surface area contributed by atoms with Gasteiger partial charge in [-0.05, 0) is 244 Å². The molecule has 0 amide bonds. The maximum atomic E-state index is 11.1. The highest BCUT2D eigenvalue weighted by atomic mass is 16.5. The van der Waals surface area contributed by atoms with Crippen LogP contribution in [0.1, 0.15) is 211 Å². The molecule has 6 aromatic heterocycles. The summed E-state index contributed by atoms with van der Waals surface area (Å²) < 4.78 is 10.7. The first-order valence-electron chi connectivity index (χ1n) is 43.0. The lowest BCUT2D eigenvalue weighted by Crippen LogP contribution is -2.16. The second-order valence-electron chi connectivity index (χ2n) is 41.6. The minimum absolute atomic E-state index is 0.0167. The molecule has 6 heterocycles. The molecule has 8 nitrogen and oxygen atoms in total. The molecule has 0 radical (unpaired) electrons. The summed E-state index contributed by atoms with van der Waals surface area (Å²) in [6.45, 7) is 54.8. The van der Waals surface area contributed by atoms with Gasteiger partial charge in [0.05, 0.1) is 63.3 Å². The average Bonchev–Trinajstić information content (AvgIpc) is 1.58. The summed E-state index contributed by atoms with van der Waals surface area (Å²) in [5.41, 5.74) is 32.6. The fourth-order valence-corrected chi connectivity index (χ4v) is 16.4. The number of fused-ring (bicyclic) bond motifs is 6. The van der Waals surface area contributed by atoms with Gasteiger partial charge in [-0.2, -0.15) is 0 Å². The van der Waals surface area contributed by atoms with E-state index >= 15 is 0 Å². The Morgan fingerprint density at radius 2 is 0.529 bits per heavy atom. The van der Waals surface area contributed by atoms with Crippen LogP contribution in [0.15, 0.2) is 267 Å². The molecule has 8 heteroatoms. The van der Waals surface area contributed by atoms with E-state index in [2.05, 4.69) is 388 Å². The van der Waals surface area contributed by atoms with Crippen LogP contribution in [0.2, 0.25) is 0 Å². The monoisotopic (exact) mass is 1590 g/mol. The molecule has 0 unspecified atom stereocenters.